The van der Waals surface area contributed by atoms with Gasteiger partial charge < -0.3 is 19.2 Å². The van der Waals surface area contributed by atoms with Crippen LogP contribution in [0.3, 0.4) is 0 Å². The van der Waals surface area contributed by atoms with Crippen molar-refractivity contribution in [3.05, 3.63) is 59.9 Å². The summed E-state index contributed by atoms with van der Waals surface area (Å²) in [7, 11) is 0. The first-order chi connectivity index (χ1) is 11.2. The van der Waals surface area contributed by atoms with E-state index in [-0.39, 0.29) is 18.7 Å². The molecule has 0 fully saturated rings. The number of amides is 1. The summed E-state index contributed by atoms with van der Waals surface area (Å²) in [4.78, 5) is 12.4. The maximum atomic E-state index is 12.4. The molecule has 1 N–H and O–H groups in total. The van der Waals surface area contributed by atoms with Crippen molar-refractivity contribution >= 4 is 16.9 Å². The molecule has 0 saturated carbocycles. The molecule has 116 valence electrons. The third kappa shape index (κ3) is 2.50. The van der Waals surface area contributed by atoms with Crippen molar-refractivity contribution < 1.29 is 18.7 Å². The van der Waals surface area contributed by atoms with E-state index in [4.69, 9.17) is 13.9 Å². The van der Waals surface area contributed by atoms with E-state index in [0.29, 0.717) is 17.1 Å². The van der Waals surface area contributed by atoms with Crippen LogP contribution in [-0.2, 0) is 0 Å². The van der Waals surface area contributed by atoms with Gasteiger partial charge in [0.1, 0.15) is 5.58 Å². The minimum atomic E-state index is -0.244. The van der Waals surface area contributed by atoms with Crippen molar-refractivity contribution in [3.8, 4) is 11.5 Å². The number of rotatable bonds is 3. The maximum absolute atomic E-state index is 12.4. The second-order valence-electron chi connectivity index (χ2n) is 5.46. The summed E-state index contributed by atoms with van der Waals surface area (Å²) >= 11 is 0. The molecule has 1 atom stereocenters. The van der Waals surface area contributed by atoms with Gasteiger partial charge in [-0.25, -0.2) is 0 Å². The summed E-state index contributed by atoms with van der Waals surface area (Å²) in [6.07, 6.45) is 0. The van der Waals surface area contributed by atoms with Gasteiger partial charge in [-0.05, 0) is 36.8 Å². The lowest BCUT2D eigenvalue weighted by Crippen LogP contribution is -2.26. The summed E-state index contributed by atoms with van der Waals surface area (Å²) in [5.41, 5.74) is 1.65. The van der Waals surface area contributed by atoms with Crippen LogP contribution in [0.5, 0.6) is 11.5 Å². The largest absolute Gasteiger partial charge is 0.454 e. The van der Waals surface area contributed by atoms with E-state index in [1.165, 1.54) is 0 Å². The summed E-state index contributed by atoms with van der Waals surface area (Å²) in [6, 6.07) is 14.8. The Kier molecular flexibility index (Phi) is 3.19. The number of hydrogen-bond acceptors (Lipinski definition) is 4. The zero-order chi connectivity index (χ0) is 15.8. The van der Waals surface area contributed by atoms with E-state index < -0.39 is 0 Å². The smallest absolute Gasteiger partial charge is 0.287 e. The zero-order valence-electron chi connectivity index (χ0n) is 12.5. The Balaban J connectivity index is 1.53. The highest BCUT2D eigenvalue weighted by Gasteiger charge is 2.19. The van der Waals surface area contributed by atoms with Gasteiger partial charge in [0.2, 0.25) is 6.79 Å². The van der Waals surface area contributed by atoms with Gasteiger partial charge in [-0.3, -0.25) is 4.79 Å². The van der Waals surface area contributed by atoms with Crippen LogP contribution in [0.2, 0.25) is 0 Å². The zero-order valence-corrected chi connectivity index (χ0v) is 12.5. The van der Waals surface area contributed by atoms with Gasteiger partial charge in [0.25, 0.3) is 5.91 Å². The van der Waals surface area contributed by atoms with E-state index in [2.05, 4.69) is 5.32 Å². The predicted molar refractivity (Wildman–Crippen MR) is 84.7 cm³/mol. The first-order valence-corrected chi connectivity index (χ1v) is 7.40. The maximum Gasteiger partial charge on any atom is 0.287 e. The van der Waals surface area contributed by atoms with Gasteiger partial charge in [0, 0.05) is 5.39 Å². The minimum Gasteiger partial charge on any atom is -0.454 e. The molecule has 4 rings (SSSR count). The average Bonchev–Trinajstić information content (AvgIpc) is 3.20. The van der Waals surface area contributed by atoms with Crippen LogP contribution < -0.4 is 14.8 Å². The fourth-order valence-corrected chi connectivity index (χ4v) is 2.63. The van der Waals surface area contributed by atoms with Crippen LogP contribution >= 0.6 is 0 Å². The van der Waals surface area contributed by atoms with Crippen LogP contribution in [0.15, 0.2) is 52.9 Å². The molecule has 1 aliphatic heterocycles. The SMILES string of the molecule is CC(NC(=O)c1cc2ccccc2o1)c1ccc2c(c1)OCO2. The monoisotopic (exact) mass is 309 g/mol. The quantitative estimate of drug-likeness (QED) is 0.802. The summed E-state index contributed by atoms with van der Waals surface area (Å²) in [6.45, 7) is 2.15. The van der Waals surface area contributed by atoms with E-state index in [1.807, 2.05) is 49.4 Å². The van der Waals surface area contributed by atoms with E-state index in [9.17, 15) is 4.79 Å². The molecule has 1 aliphatic rings. The average molecular weight is 309 g/mol. The number of ether oxygens (including phenoxy) is 2. The van der Waals surface area contributed by atoms with Crippen LogP contribution in [-0.4, -0.2) is 12.7 Å². The number of carbonyl (C=O) groups excluding carboxylic acids is 1. The Bertz CT molecular complexity index is 851. The number of furan rings is 1. The third-order valence-corrected chi connectivity index (χ3v) is 3.89. The van der Waals surface area contributed by atoms with Gasteiger partial charge in [0.05, 0.1) is 6.04 Å². The first-order valence-electron chi connectivity index (χ1n) is 7.40. The third-order valence-electron chi connectivity index (χ3n) is 3.89. The highest BCUT2D eigenvalue weighted by Crippen LogP contribution is 2.34. The normalized spacial score (nSPS) is 14.0. The molecule has 3 aromatic rings. The van der Waals surface area contributed by atoms with Crippen molar-refractivity contribution in [2.75, 3.05) is 6.79 Å². The van der Waals surface area contributed by atoms with Crippen molar-refractivity contribution in [1.29, 1.82) is 0 Å². The number of fused-ring (bicyclic) bond motifs is 2. The predicted octanol–water partition coefficient (Wildman–Crippen LogP) is 3.65. The van der Waals surface area contributed by atoms with Crippen molar-refractivity contribution in [2.24, 2.45) is 0 Å². The molecule has 2 heterocycles. The Morgan fingerprint density at radius 3 is 2.78 bits per heavy atom. The molecule has 0 spiro atoms. The van der Waals surface area contributed by atoms with Crippen molar-refractivity contribution in [3.63, 3.8) is 0 Å². The molecule has 0 bridgehead atoms. The second kappa shape index (κ2) is 5.35. The number of hydrogen-bond donors (Lipinski definition) is 1. The molecule has 1 unspecified atom stereocenters. The standard InChI is InChI=1S/C18H15NO4/c1-11(12-6-7-15-16(8-12)22-10-21-15)19-18(20)17-9-13-4-2-3-5-14(13)23-17/h2-9,11H,10H2,1H3,(H,19,20). The lowest BCUT2D eigenvalue weighted by molar-refractivity contribution is 0.0914. The number of para-hydroxylation sites is 1. The molecule has 1 aromatic heterocycles. The summed E-state index contributed by atoms with van der Waals surface area (Å²) < 4.78 is 16.2. The minimum absolute atomic E-state index is 0.176. The Labute approximate surface area is 132 Å². The second-order valence-corrected chi connectivity index (χ2v) is 5.46. The Morgan fingerprint density at radius 2 is 1.91 bits per heavy atom. The van der Waals surface area contributed by atoms with Crippen molar-refractivity contribution in [2.45, 2.75) is 13.0 Å². The topological polar surface area (TPSA) is 60.7 Å². The van der Waals surface area contributed by atoms with Crippen LogP contribution in [0.25, 0.3) is 11.0 Å². The molecular weight excluding hydrogens is 294 g/mol. The Hall–Kier alpha value is -2.95. The van der Waals surface area contributed by atoms with Crippen LogP contribution in [0.1, 0.15) is 29.1 Å². The molecule has 5 nitrogen and oxygen atoms in total. The highest BCUT2D eigenvalue weighted by atomic mass is 16.7. The van der Waals surface area contributed by atoms with E-state index in [1.54, 1.807) is 6.07 Å². The number of nitrogens with one attached hydrogen (secondary N) is 1. The summed E-state index contributed by atoms with van der Waals surface area (Å²) in [5, 5.41) is 3.85. The molecule has 0 aliphatic carbocycles. The van der Waals surface area contributed by atoms with Crippen molar-refractivity contribution in [1.82, 2.24) is 5.32 Å². The van der Waals surface area contributed by atoms with Crippen LogP contribution in [0.4, 0.5) is 0 Å². The summed E-state index contributed by atoms with van der Waals surface area (Å²) in [5.74, 6) is 1.49. The highest BCUT2D eigenvalue weighted by molar-refractivity contribution is 5.96. The Morgan fingerprint density at radius 1 is 1.09 bits per heavy atom. The molecule has 1 amide bonds. The molecule has 5 heteroatoms. The lowest BCUT2D eigenvalue weighted by atomic mass is 10.1. The molecular formula is C18H15NO4. The molecule has 0 saturated heterocycles. The fourth-order valence-electron chi connectivity index (χ4n) is 2.63. The van der Waals surface area contributed by atoms with Gasteiger partial charge in [0.15, 0.2) is 17.3 Å². The van der Waals surface area contributed by atoms with E-state index >= 15 is 0 Å². The van der Waals surface area contributed by atoms with Gasteiger partial charge in [-0.2, -0.15) is 0 Å². The van der Waals surface area contributed by atoms with Gasteiger partial charge in [-0.1, -0.05) is 24.3 Å². The molecule has 2 aromatic carbocycles. The molecule has 0 radical (unpaired) electrons. The lowest BCUT2D eigenvalue weighted by Gasteiger charge is -2.13. The number of benzene rings is 2. The molecule has 23 heavy (non-hydrogen) atoms. The number of carbonyl (C=O) groups is 1. The van der Waals surface area contributed by atoms with Gasteiger partial charge >= 0.3 is 0 Å². The first kappa shape index (κ1) is 13.7. The van der Waals surface area contributed by atoms with Crippen LogP contribution in [0, 0.1) is 0 Å². The van der Waals surface area contributed by atoms with Gasteiger partial charge in [-0.15, -0.1) is 0 Å². The van der Waals surface area contributed by atoms with E-state index in [0.717, 1.165) is 16.7 Å². The fraction of sp³-hybridized carbons (Fsp3) is 0.167.